The van der Waals surface area contributed by atoms with E-state index in [2.05, 4.69) is 18.6 Å². The lowest BCUT2D eigenvalue weighted by Crippen LogP contribution is -2.11. The van der Waals surface area contributed by atoms with Crippen LogP contribution in [-0.2, 0) is 0 Å². The van der Waals surface area contributed by atoms with Gasteiger partial charge in [-0.25, -0.2) is 0 Å². The highest BCUT2D eigenvalue weighted by atomic mass is 19.3. The van der Waals surface area contributed by atoms with Crippen LogP contribution in [0.3, 0.4) is 0 Å². The molecule has 2 N–H and O–H groups in total. The van der Waals surface area contributed by atoms with Gasteiger partial charge in [-0.1, -0.05) is 26.0 Å². The smallest absolute Gasteiger partial charge is 0.387 e. The first-order chi connectivity index (χ1) is 7.99. The highest BCUT2D eigenvalue weighted by molar-refractivity contribution is 5.30. The summed E-state index contributed by atoms with van der Waals surface area (Å²) in [6, 6.07) is 6.48. The molecule has 1 aromatic carbocycles. The summed E-state index contributed by atoms with van der Waals surface area (Å²) in [5, 5.41) is 0. The molecular weight excluding hydrogens is 224 g/mol. The van der Waals surface area contributed by atoms with Gasteiger partial charge < -0.3 is 10.5 Å². The average Bonchev–Trinajstić information content (AvgIpc) is 2.25. The van der Waals surface area contributed by atoms with Gasteiger partial charge in [0.15, 0.2) is 0 Å². The molecule has 1 atom stereocenters. The molecule has 4 heteroatoms. The molecule has 0 aromatic heterocycles. The van der Waals surface area contributed by atoms with Crippen molar-refractivity contribution in [2.45, 2.75) is 39.3 Å². The van der Waals surface area contributed by atoms with E-state index in [-0.39, 0.29) is 11.8 Å². The monoisotopic (exact) mass is 243 g/mol. The third-order valence-electron chi connectivity index (χ3n) is 2.57. The third-order valence-corrected chi connectivity index (χ3v) is 2.57. The number of nitrogens with two attached hydrogens (primary N) is 1. The van der Waals surface area contributed by atoms with Gasteiger partial charge >= 0.3 is 6.61 Å². The van der Waals surface area contributed by atoms with Gasteiger partial charge in [-0.2, -0.15) is 8.78 Å². The van der Waals surface area contributed by atoms with E-state index < -0.39 is 6.61 Å². The van der Waals surface area contributed by atoms with Crippen molar-refractivity contribution in [1.29, 1.82) is 0 Å². The van der Waals surface area contributed by atoms with E-state index in [0.29, 0.717) is 5.92 Å². The Labute approximate surface area is 101 Å². The second kappa shape index (κ2) is 6.55. The molecule has 1 rings (SSSR count). The maximum Gasteiger partial charge on any atom is 0.387 e. The summed E-state index contributed by atoms with van der Waals surface area (Å²) in [6.07, 6.45) is 1.86. The van der Waals surface area contributed by atoms with Crippen molar-refractivity contribution in [3.05, 3.63) is 29.8 Å². The topological polar surface area (TPSA) is 35.2 Å². The van der Waals surface area contributed by atoms with E-state index in [1.54, 1.807) is 12.1 Å². The minimum atomic E-state index is -2.79. The Balaban J connectivity index is 2.63. The fraction of sp³-hybridized carbons (Fsp3) is 0.538. The minimum absolute atomic E-state index is 0.126. The van der Waals surface area contributed by atoms with Gasteiger partial charge in [-0.3, -0.25) is 0 Å². The van der Waals surface area contributed by atoms with E-state index in [1.807, 2.05) is 6.07 Å². The normalized spacial score (nSPS) is 13.1. The van der Waals surface area contributed by atoms with E-state index in [4.69, 9.17) is 5.73 Å². The van der Waals surface area contributed by atoms with Crippen LogP contribution in [0.15, 0.2) is 24.3 Å². The quantitative estimate of drug-likeness (QED) is 0.826. The summed E-state index contributed by atoms with van der Waals surface area (Å²) < 4.78 is 28.4. The fourth-order valence-electron chi connectivity index (χ4n) is 1.60. The Kier molecular flexibility index (Phi) is 5.35. The highest BCUT2D eigenvalue weighted by Crippen LogP contribution is 2.23. The summed E-state index contributed by atoms with van der Waals surface area (Å²) in [7, 11) is 0. The standard InChI is InChI=1S/C13H19F2NO/c1-9(2)6-7-12(16)10-4-3-5-11(8-10)17-13(14)15/h3-5,8-9,12-13H,6-7,16H2,1-2H3/t12-/m1/s1. The minimum Gasteiger partial charge on any atom is -0.435 e. The van der Waals surface area contributed by atoms with Crippen LogP contribution in [0, 0.1) is 5.92 Å². The van der Waals surface area contributed by atoms with Crippen molar-refractivity contribution >= 4 is 0 Å². The van der Waals surface area contributed by atoms with Crippen LogP contribution in [0.4, 0.5) is 8.78 Å². The molecule has 0 radical (unpaired) electrons. The van der Waals surface area contributed by atoms with Crippen molar-refractivity contribution in [2.24, 2.45) is 11.7 Å². The second-order valence-electron chi connectivity index (χ2n) is 4.53. The Morgan fingerprint density at radius 1 is 1.24 bits per heavy atom. The molecule has 0 heterocycles. The van der Waals surface area contributed by atoms with E-state index >= 15 is 0 Å². The van der Waals surface area contributed by atoms with E-state index in [9.17, 15) is 8.78 Å². The maximum atomic E-state index is 12.1. The number of hydrogen-bond donors (Lipinski definition) is 1. The van der Waals surface area contributed by atoms with Crippen molar-refractivity contribution in [2.75, 3.05) is 0 Å². The summed E-state index contributed by atoms with van der Waals surface area (Å²) in [5.41, 5.74) is 6.84. The third kappa shape index (κ3) is 5.13. The van der Waals surface area contributed by atoms with Gasteiger partial charge in [0.05, 0.1) is 0 Å². The molecule has 0 unspecified atom stereocenters. The molecule has 0 aliphatic heterocycles. The number of ether oxygens (including phenoxy) is 1. The Hall–Kier alpha value is -1.16. The molecular formula is C13H19F2NO. The van der Waals surface area contributed by atoms with Gasteiger partial charge in [0.2, 0.25) is 0 Å². The number of halogens is 2. The predicted molar refractivity (Wildman–Crippen MR) is 64.1 cm³/mol. The number of rotatable bonds is 6. The molecule has 1 aromatic rings. The first kappa shape index (κ1) is 13.9. The van der Waals surface area contributed by atoms with E-state index in [0.717, 1.165) is 18.4 Å². The molecule has 0 aliphatic carbocycles. The van der Waals surface area contributed by atoms with Crippen LogP contribution in [0.5, 0.6) is 5.75 Å². The van der Waals surface area contributed by atoms with Crippen LogP contribution in [0.2, 0.25) is 0 Å². The molecule has 0 spiro atoms. The van der Waals surface area contributed by atoms with Crippen molar-refractivity contribution in [3.8, 4) is 5.75 Å². The zero-order valence-electron chi connectivity index (χ0n) is 10.2. The number of benzene rings is 1. The molecule has 0 aliphatic rings. The Morgan fingerprint density at radius 2 is 1.94 bits per heavy atom. The largest absolute Gasteiger partial charge is 0.435 e. The summed E-state index contributed by atoms with van der Waals surface area (Å²) in [5.74, 6) is 0.749. The molecule has 17 heavy (non-hydrogen) atoms. The summed E-state index contributed by atoms with van der Waals surface area (Å²) in [4.78, 5) is 0. The first-order valence-corrected chi connectivity index (χ1v) is 5.79. The molecule has 0 amide bonds. The predicted octanol–water partition coefficient (Wildman–Crippen LogP) is 3.72. The summed E-state index contributed by atoms with van der Waals surface area (Å²) in [6.45, 7) is 1.46. The molecule has 0 saturated carbocycles. The second-order valence-corrected chi connectivity index (χ2v) is 4.53. The maximum absolute atomic E-state index is 12.1. The zero-order chi connectivity index (χ0) is 12.8. The Bertz CT molecular complexity index is 342. The van der Waals surface area contributed by atoms with Crippen molar-refractivity contribution in [1.82, 2.24) is 0 Å². The molecule has 96 valence electrons. The van der Waals surface area contributed by atoms with Gasteiger partial charge in [0.25, 0.3) is 0 Å². The average molecular weight is 243 g/mol. The number of hydrogen-bond acceptors (Lipinski definition) is 2. The lowest BCUT2D eigenvalue weighted by atomic mass is 9.98. The van der Waals surface area contributed by atoms with Crippen LogP contribution in [0.25, 0.3) is 0 Å². The zero-order valence-corrected chi connectivity index (χ0v) is 10.2. The first-order valence-electron chi connectivity index (χ1n) is 5.79. The van der Waals surface area contributed by atoms with Crippen molar-refractivity contribution < 1.29 is 13.5 Å². The summed E-state index contributed by atoms with van der Waals surface area (Å²) >= 11 is 0. The van der Waals surface area contributed by atoms with Crippen molar-refractivity contribution in [3.63, 3.8) is 0 Å². The van der Waals surface area contributed by atoms with E-state index in [1.165, 1.54) is 6.07 Å². The number of alkyl halides is 2. The molecule has 0 fully saturated rings. The highest BCUT2D eigenvalue weighted by Gasteiger charge is 2.10. The molecule has 0 saturated heterocycles. The molecule has 0 bridgehead atoms. The van der Waals surface area contributed by atoms with Gasteiger partial charge in [-0.05, 0) is 36.5 Å². The van der Waals surface area contributed by atoms with Gasteiger partial charge in [0.1, 0.15) is 5.75 Å². The lowest BCUT2D eigenvalue weighted by Gasteiger charge is -2.14. The van der Waals surface area contributed by atoms with Gasteiger partial charge in [-0.15, -0.1) is 0 Å². The SMILES string of the molecule is CC(C)CC[C@@H](N)c1cccc(OC(F)F)c1. The van der Waals surface area contributed by atoms with Crippen LogP contribution >= 0.6 is 0 Å². The Morgan fingerprint density at radius 3 is 2.53 bits per heavy atom. The lowest BCUT2D eigenvalue weighted by molar-refractivity contribution is -0.0499. The fourth-order valence-corrected chi connectivity index (χ4v) is 1.60. The van der Waals surface area contributed by atoms with Crippen LogP contribution < -0.4 is 10.5 Å². The van der Waals surface area contributed by atoms with Crippen LogP contribution in [0.1, 0.15) is 38.3 Å². The molecule has 2 nitrogen and oxygen atoms in total. The van der Waals surface area contributed by atoms with Crippen LogP contribution in [-0.4, -0.2) is 6.61 Å². The van der Waals surface area contributed by atoms with Gasteiger partial charge in [0, 0.05) is 6.04 Å².